The summed E-state index contributed by atoms with van der Waals surface area (Å²) in [5, 5.41) is 0. The summed E-state index contributed by atoms with van der Waals surface area (Å²) >= 11 is 5.21. The van der Waals surface area contributed by atoms with Gasteiger partial charge in [0.1, 0.15) is 5.88 Å². The molecule has 64 valence electrons. The summed E-state index contributed by atoms with van der Waals surface area (Å²) in [6, 6.07) is 1.75. The Balaban J connectivity index is 2.69. The zero-order chi connectivity index (χ0) is 8.97. The lowest BCUT2D eigenvalue weighted by Gasteiger charge is -1.98. The van der Waals surface area contributed by atoms with Crippen molar-refractivity contribution in [1.82, 2.24) is 9.97 Å². The van der Waals surface area contributed by atoms with Crippen molar-refractivity contribution in [3.05, 3.63) is 18.0 Å². The van der Waals surface area contributed by atoms with Crippen molar-refractivity contribution in [3.63, 3.8) is 0 Å². The van der Waals surface area contributed by atoms with Crippen LogP contribution >= 0.6 is 11.6 Å². The lowest BCUT2D eigenvalue weighted by atomic mass is 10.5. The molecule has 12 heavy (non-hydrogen) atoms. The summed E-state index contributed by atoms with van der Waals surface area (Å²) in [5.74, 6) is -0.751. The van der Waals surface area contributed by atoms with Crippen LogP contribution in [0.2, 0.25) is 0 Å². The molecule has 0 amide bonds. The first-order chi connectivity index (χ1) is 5.72. The molecule has 1 aromatic rings. The zero-order valence-electron chi connectivity index (χ0n) is 6.45. The van der Waals surface area contributed by atoms with Gasteiger partial charge in [-0.3, -0.25) is 4.79 Å². The van der Waals surface area contributed by atoms with Gasteiger partial charge in [-0.2, -0.15) is 0 Å². The van der Waals surface area contributed by atoms with E-state index in [9.17, 15) is 4.79 Å². The van der Waals surface area contributed by atoms with Gasteiger partial charge < -0.3 is 4.74 Å². The number of rotatable bonds is 2. The Morgan fingerprint density at radius 3 is 3.08 bits per heavy atom. The zero-order valence-corrected chi connectivity index (χ0v) is 7.21. The average Bonchev–Trinajstić information content (AvgIpc) is 2.04. The number of nitrogens with zero attached hydrogens (tertiary/aromatic N) is 2. The number of ether oxygens (including phenoxy) is 1. The summed E-state index contributed by atoms with van der Waals surface area (Å²) in [5.41, 5.74) is 0.738. The molecule has 0 aliphatic rings. The molecule has 0 aromatic carbocycles. The topological polar surface area (TPSA) is 52.1 Å². The van der Waals surface area contributed by atoms with Gasteiger partial charge in [-0.15, -0.1) is 11.6 Å². The lowest BCUT2D eigenvalue weighted by molar-refractivity contribution is -0.132. The van der Waals surface area contributed by atoms with Gasteiger partial charge in [-0.1, -0.05) is 0 Å². The van der Waals surface area contributed by atoms with E-state index in [-0.39, 0.29) is 11.9 Å². The number of alkyl halides is 1. The van der Waals surface area contributed by atoms with Crippen LogP contribution in [0.5, 0.6) is 6.01 Å². The number of hydrogen-bond donors (Lipinski definition) is 0. The van der Waals surface area contributed by atoms with Crippen LogP contribution in [0.15, 0.2) is 12.3 Å². The van der Waals surface area contributed by atoms with E-state index in [1.54, 1.807) is 13.0 Å². The molecule has 0 fully saturated rings. The van der Waals surface area contributed by atoms with Crippen LogP contribution < -0.4 is 4.74 Å². The van der Waals surface area contributed by atoms with E-state index < -0.39 is 5.97 Å². The second kappa shape index (κ2) is 4.01. The average molecular weight is 187 g/mol. The van der Waals surface area contributed by atoms with Crippen LogP contribution in [-0.4, -0.2) is 21.8 Å². The van der Waals surface area contributed by atoms with Gasteiger partial charge in [0.15, 0.2) is 0 Å². The van der Waals surface area contributed by atoms with Gasteiger partial charge in [0.25, 0.3) is 0 Å². The molecule has 0 aliphatic carbocycles. The van der Waals surface area contributed by atoms with E-state index >= 15 is 0 Å². The maximum absolute atomic E-state index is 10.7. The monoisotopic (exact) mass is 186 g/mol. The maximum Gasteiger partial charge on any atom is 0.328 e. The highest BCUT2D eigenvalue weighted by Gasteiger charge is 2.04. The molecular weight excluding hydrogens is 180 g/mol. The van der Waals surface area contributed by atoms with Crippen molar-refractivity contribution >= 4 is 17.6 Å². The van der Waals surface area contributed by atoms with E-state index in [1.807, 2.05) is 0 Å². The summed E-state index contributed by atoms with van der Waals surface area (Å²) in [6.07, 6.45) is 1.51. The second-order valence-corrected chi connectivity index (χ2v) is 2.36. The van der Waals surface area contributed by atoms with Crippen LogP contribution in [-0.2, 0) is 4.79 Å². The Labute approximate surface area is 74.5 Å². The molecule has 0 bridgehead atoms. The highest BCUT2D eigenvalue weighted by atomic mass is 35.5. The van der Waals surface area contributed by atoms with Crippen molar-refractivity contribution in [1.29, 1.82) is 0 Å². The van der Waals surface area contributed by atoms with Crippen LogP contribution in [0, 0.1) is 6.92 Å². The van der Waals surface area contributed by atoms with E-state index in [0.717, 1.165) is 5.69 Å². The van der Waals surface area contributed by atoms with E-state index in [2.05, 4.69) is 14.7 Å². The normalized spacial score (nSPS) is 9.50. The number of aromatic nitrogens is 2. The number of halogens is 1. The second-order valence-electron chi connectivity index (χ2n) is 2.09. The third-order valence-electron chi connectivity index (χ3n) is 1.09. The van der Waals surface area contributed by atoms with Crippen molar-refractivity contribution in [3.8, 4) is 6.01 Å². The maximum atomic E-state index is 10.7. The predicted octanol–water partition coefficient (Wildman–Crippen LogP) is 0.929. The fourth-order valence-corrected chi connectivity index (χ4v) is 0.659. The molecule has 5 heteroatoms. The smallest absolute Gasteiger partial charge is 0.328 e. The Hall–Kier alpha value is -1.16. The van der Waals surface area contributed by atoms with Crippen molar-refractivity contribution in [2.45, 2.75) is 6.92 Å². The van der Waals surface area contributed by atoms with Gasteiger partial charge >= 0.3 is 12.0 Å². The molecule has 4 nitrogen and oxygen atoms in total. The quantitative estimate of drug-likeness (QED) is 0.509. The number of hydrogen-bond acceptors (Lipinski definition) is 4. The first kappa shape index (κ1) is 8.93. The molecule has 0 unspecified atom stereocenters. The van der Waals surface area contributed by atoms with E-state index in [4.69, 9.17) is 11.6 Å². The van der Waals surface area contributed by atoms with Crippen molar-refractivity contribution in [2.75, 3.05) is 5.88 Å². The SMILES string of the molecule is Cc1ccnc(OC(=O)CCl)n1. The highest BCUT2D eigenvalue weighted by molar-refractivity contribution is 6.26. The van der Waals surface area contributed by atoms with Crippen LogP contribution in [0.3, 0.4) is 0 Å². The minimum atomic E-state index is -0.553. The molecule has 0 N–H and O–H groups in total. The largest absolute Gasteiger partial charge is 0.390 e. The van der Waals surface area contributed by atoms with E-state index in [0.29, 0.717) is 0 Å². The first-order valence-electron chi connectivity index (χ1n) is 3.28. The third-order valence-corrected chi connectivity index (χ3v) is 1.31. The molecule has 0 atom stereocenters. The number of carbonyl (C=O) groups is 1. The Morgan fingerprint density at radius 1 is 1.75 bits per heavy atom. The van der Waals surface area contributed by atoms with Gasteiger partial charge in [0.2, 0.25) is 0 Å². The molecule has 1 aromatic heterocycles. The Morgan fingerprint density at radius 2 is 2.50 bits per heavy atom. The minimum absolute atomic E-state index is 0.0423. The molecular formula is C7H7ClN2O2. The standard InChI is InChI=1S/C7H7ClN2O2/c1-5-2-3-9-7(10-5)12-6(11)4-8/h2-3H,4H2,1H3. The minimum Gasteiger partial charge on any atom is -0.390 e. The van der Waals surface area contributed by atoms with Gasteiger partial charge in [0.05, 0.1) is 0 Å². The molecule has 0 radical (unpaired) electrons. The third kappa shape index (κ3) is 2.47. The van der Waals surface area contributed by atoms with E-state index in [1.165, 1.54) is 6.20 Å². The fourth-order valence-electron chi connectivity index (χ4n) is 0.604. The Bertz CT molecular complexity index is 290. The van der Waals surface area contributed by atoms with Crippen molar-refractivity contribution < 1.29 is 9.53 Å². The number of carbonyl (C=O) groups excluding carboxylic acids is 1. The lowest BCUT2D eigenvalue weighted by Crippen LogP contribution is -2.11. The molecule has 0 saturated heterocycles. The molecule has 0 spiro atoms. The van der Waals surface area contributed by atoms with Crippen LogP contribution in [0.25, 0.3) is 0 Å². The van der Waals surface area contributed by atoms with Crippen LogP contribution in [0.1, 0.15) is 5.69 Å². The predicted molar refractivity (Wildman–Crippen MR) is 43.1 cm³/mol. The first-order valence-corrected chi connectivity index (χ1v) is 3.82. The highest BCUT2D eigenvalue weighted by Crippen LogP contribution is 2.01. The molecule has 1 heterocycles. The van der Waals surface area contributed by atoms with Crippen LogP contribution in [0.4, 0.5) is 0 Å². The fraction of sp³-hybridized carbons (Fsp3) is 0.286. The summed E-state index contributed by atoms with van der Waals surface area (Å²) < 4.78 is 4.65. The molecule has 0 aliphatic heterocycles. The van der Waals surface area contributed by atoms with Gasteiger partial charge in [-0.05, 0) is 13.0 Å². The summed E-state index contributed by atoms with van der Waals surface area (Å²) in [7, 11) is 0. The number of esters is 1. The number of aryl methyl sites for hydroxylation is 1. The van der Waals surface area contributed by atoms with Gasteiger partial charge in [-0.25, -0.2) is 9.97 Å². The molecule has 0 saturated carbocycles. The van der Waals surface area contributed by atoms with Crippen molar-refractivity contribution in [2.24, 2.45) is 0 Å². The molecule has 1 rings (SSSR count). The Kier molecular flexibility index (Phi) is 2.99. The summed E-state index contributed by atoms with van der Waals surface area (Å²) in [4.78, 5) is 18.2. The van der Waals surface area contributed by atoms with Gasteiger partial charge in [0, 0.05) is 11.9 Å². The summed E-state index contributed by atoms with van der Waals surface area (Å²) in [6.45, 7) is 1.78.